The summed E-state index contributed by atoms with van der Waals surface area (Å²) in [6.45, 7) is 9.60. The lowest BCUT2D eigenvalue weighted by Gasteiger charge is -2.36. The van der Waals surface area contributed by atoms with E-state index in [9.17, 15) is 4.79 Å². The van der Waals surface area contributed by atoms with Crippen molar-refractivity contribution in [2.75, 3.05) is 6.54 Å². The highest BCUT2D eigenvalue weighted by molar-refractivity contribution is 5.79. The van der Waals surface area contributed by atoms with E-state index in [0.717, 1.165) is 13.0 Å². The van der Waals surface area contributed by atoms with E-state index in [1.165, 1.54) is 0 Å². The fraction of sp³-hybridized carbons (Fsp3) is 0.909. The van der Waals surface area contributed by atoms with Gasteiger partial charge in [0.15, 0.2) is 0 Å². The summed E-state index contributed by atoms with van der Waals surface area (Å²) < 4.78 is 0. The highest BCUT2D eigenvalue weighted by Gasteiger charge is 2.35. The van der Waals surface area contributed by atoms with Gasteiger partial charge in [0.2, 0.25) is 5.91 Å². The molecular weight excluding hydrogens is 162 g/mol. The second kappa shape index (κ2) is 4.12. The number of carbonyl (C=O) groups excluding carboxylic acids is 1. The van der Waals surface area contributed by atoms with Crippen LogP contribution in [0.4, 0.5) is 0 Å². The summed E-state index contributed by atoms with van der Waals surface area (Å²) >= 11 is 0. The summed E-state index contributed by atoms with van der Waals surface area (Å²) in [4.78, 5) is 11.6. The van der Waals surface area contributed by atoms with Crippen LogP contribution < -0.4 is 5.32 Å². The Morgan fingerprint density at radius 3 is 2.23 bits per heavy atom. The molecule has 13 heavy (non-hydrogen) atoms. The van der Waals surface area contributed by atoms with Crippen LogP contribution in [0.1, 0.15) is 34.1 Å². The third-order valence-corrected chi connectivity index (χ3v) is 3.12. The minimum atomic E-state index is 0.230. The molecule has 2 heteroatoms. The van der Waals surface area contributed by atoms with Crippen molar-refractivity contribution in [3.8, 4) is 0 Å². The molecule has 2 nitrogen and oxygen atoms in total. The monoisotopic (exact) mass is 183 g/mol. The molecule has 0 radical (unpaired) electrons. The van der Waals surface area contributed by atoms with Crippen LogP contribution in [0.15, 0.2) is 0 Å². The van der Waals surface area contributed by atoms with Gasteiger partial charge in [-0.2, -0.15) is 0 Å². The first-order chi connectivity index (χ1) is 6.04. The molecule has 1 aliphatic rings. The Balaban J connectivity index is 2.74. The molecule has 0 spiro atoms. The third kappa shape index (κ3) is 2.23. The van der Waals surface area contributed by atoms with Crippen molar-refractivity contribution in [1.82, 2.24) is 5.32 Å². The van der Waals surface area contributed by atoms with Crippen molar-refractivity contribution in [1.29, 1.82) is 0 Å². The fourth-order valence-electron chi connectivity index (χ4n) is 2.40. The first-order valence-electron chi connectivity index (χ1n) is 5.31. The predicted molar refractivity (Wildman–Crippen MR) is 54.3 cm³/mol. The number of amides is 1. The number of carbonyl (C=O) groups is 1. The molecule has 0 aliphatic carbocycles. The Morgan fingerprint density at radius 2 is 1.85 bits per heavy atom. The molecule has 1 heterocycles. The molecule has 0 aromatic heterocycles. The smallest absolute Gasteiger partial charge is 0.223 e. The highest BCUT2D eigenvalue weighted by atomic mass is 16.2. The van der Waals surface area contributed by atoms with Crippen molar-refractivity contribution >= 4 is 5.91 Å². The molecule has 0 bridgehead atoms. The molecule has 0 aromatic carbocycles. The van der Waals surface area contributed by atoms with Crippen molar-refractivity contribution in [3.05, 3.63) is 0 Å². The molecule has 2 unspecified atom stereocenters. The minimum absolute atomic E-state index is 0.230. The molecular formula is C11H21NO. The van der Waals surface area contributed by atoms with E-state index in [4.69, 9.17) is 0 Å². The standard InChI is InChI=1S/C11H21NO/c1-7(2)9-5-6-12-11(13)10(9)8(3)4/h7-10H,5-6H2,1-4H3,(H,12,13). The van der Waals surface area contributed by atoms with Gasteiger partial charge in [-0.25, -0.2) is 0 Å². The normalized spacial score (nSPS) is 29.5. The highest BCUT2D eigenvalue weighted by Crippen LogP contribution is 2.32. The van der Waals surface area contributed by atoms with Gasteiger partial charge < -0.3 is 5.32 Å². The Hall–Kier alpha value is -0.530. The van der Waals surface area contributed by atoms with Crippen molar-refractivity contribution in [2.45, 2.75) is 34.1 Å². The molecule has 1 saturated heterocycles. The zero-order valence-corrected chi connectivity index (χ0v) is 9.13. The SMILES string of the molecule is CC(C)C1CCNC(=O)C1C(C)C. The Labute approximate surface area is 81.1 Å². The molecule has 1 N–H and O–H groups in total. The van der Waals surface area contributed by atoms with E-state index >= 15 is 0 Å². The van der Waals surface area contributed by atoms with Crippen LogP contribution in [-0.2, 0) is 4.79 Å². The molecule has 1 fully saturated rings. The Morgan fingerprint density at radius 1 is 1.23 bits per heavy atom. The Bertz CT molecular complexity index is 187. The van der Waals surface area contributed by atoms with E-state index < -0.39 is 0 Å². The topological polar surface area (TPSA) is 29.1 Å². The second-order valence-corrected chi connectivity index (χ2v) is 4.76. The summed E-state index contributed by atoms with van der Waals surface area (Å²) in [6.07, 6.45) is 1.15. The van der Waals surface area contributed by atoms with Gasteiger partial charge in [0.05, 0.1) is 0 Å². The second-order valence-electron chi connectivity index (χ2n) is 4.76. The van der Waals surface area contributed by atoms with Crippen molar-refractivity contribution in [2.24, 2.45) is 23.7 Å². The lowest BCUT2D eigenvalue weighted by atomic mass is 9.73. The van der Waals surface area contributed by atoms with Crippen molar-refractivity contribution < 1.29 is 4.79 Å². The van der Waals surface area contributed by atoms with Gasteiger partial charge in [0.25, 0.3) is 0 Å². The van der Waals surface area contributed by atoms with Gasteiger partial charge in [-0.3, -0.25) is 4.79 Å². The Kier molecular flexibility index (Phi) is 3.34. The lowest BCUT2D eigenvalue weighted by molar-refractivity contribution is -0.131. The molecule has 1 rings (SSSR count). The predicted octanol–water partition coefficient (Wildman–Crippen LogP) is 2.05. The molecule has 0 saturated carbocycles. The van der Waals surface area contributed by atoms with Crippen LogP contribution in [0.5, 0.6) is 0 Å². The molecule has 76 valence electrons. The van der Waals surface area contributed by atoms with Crippen LogP contribution in [-0.4, -0.2) is 12.5 Å². The molecule has 0 aromatic rings. The number of piperidine rings is 1. The summed E-state index contributed by atoms with van der Waals surface area (Å²) in [5.41, 5.74) is 0. The third-order valence-electron chi connectivity index (χ3n) is 3.12. The summed E-state index contributed by atoms with van der Waals surface area (Å²) in [5, 5.41) is 2.96. The lowest BCUT2D eigenvalue weighted by Crippen LogP contribution is -2.46. The number of hydrogen-bond donors (Lipinski definition) is 1. The number of hydrogen-bond acceptors (Lipinski definition) is 1. The number of nitrogens with one attached hydrogen (secondary N) is 1. The van der Waals surface area contributed by atoms with Crippen LogP contribution >= 0.6 is 0 Å². The maximum absolute atomic E-state index is 11.6. The average molecular weight is 183 g/mol. The zero-order valence-electron chi connectivity index (χ0n) is 9.13. The van der Waals surface area contributed by atoms with Crippen LogP contribution in [0.25, 0.3) is 0 Å². The van der Waals surface area contributed by atoms with Crippen LogP contribution in [0.2, 0.25) is 0 Å². The van der Waals surface area contributed by atoms with Gasteiger partial charge in [0, 0.05) is 12.5 Å². The quantitative estimate of drug-likeness (QED) is 0.697. The van der Waals surface area contributed by atoms with Gasteiger partial charge >= 0.3 is 0 Å². The van der Waals surface area contributed by atoms with Crippen molar-refractivity contribution in [3.63, 3.8) is 0 Å². The average Bonchev–Trinajstić information content (AvgIpc) is 2.02. The molecule has 1 aliphatic heterocycles. The van der Waals surface area contributed by atoms with E-state index in [0.29, 0.717) is 17.8 Å². The first-order valence-corrected chi connectivity index (χ1v) is 5.31. The van der Waals surface area contributed by atoms with E-state index in [1.54, 1.807) is 0 Å². The van der Waals surface area contributed by atoms with E-state index in [2.05, 4.69) is 33.0 Å². The largest absolute Gasteiger partial charge is 0.356 e. The molecule has 2 atom stereocenters. The number of rotatable bonds is 2. The first kappa shape index (κ1) is 10.6. The minimum Gasteiger partial charge on any atom is -0.356 e. The van der Waals surface area contributed by atoms with E-state index in [-0.39, 0.29) is 11.8 Å². The van der Waals surface area contributed by atoms with Gasteiger partial charge in [-0.05, 0) is 24.2 Å². The maximum atomic E-state index is 11.6. The van der Waals surface area contributed by atoms with Gasteiger partial charge in [-0.15, -0.1) is 0 Å². The van der Waals surface area contributed by atoms with Gasteiger partial charge in [0.1, 0.15) is 0 Å². The molecule has 1 amide bonds. The zero-order chi connectivity index (χ0) is 10.0. The van der Waals surface area contributed by atoms with Crippen LogP contribution in [0, 0.1) is 23.7 Å². The summed E-state index contributed by atoms with van der Waals surface area (Å²) in [6, 6.07) is 0. The van der Waals surface area contributed by atoms with Gasteiger partial charge in [-0.1, -0.05) is 27.7 Å². The maximum Gasteiger partial charge on any atom is 0.223 e. The van der Waals surface area contributed by atoms with E-state index in [1.807, 2.05) is 0 Å². The summed E-state index contributed by atoms with van der Waals surface area (Å²) in [5.74, 6) is 2.16. The fourth-order valence-corrected chi connectivity index (χ4v) is 2.40. The summed E-state index contributed by atoms with van der Waals surface area (Å²) in [7, 11) is 0. The van der Waals surface area contributed by atoms with Crippen LogP contribution in [0.3, 0.4) is 0 Å².